The van der Waals surface area contributed by atoms with Crippen molar-refractivity contribution in [1.82, 2.24) is 4.90 Å². The van der Waals surface area contributed by atoms with Crippen molar-refractivity contribution in [1.29, 1.82) is 0 Å². The highest BCUT2D eigenvalue weighted by Crippen LogP contribution is 2.27. The molecule has 17 heavy (non-hydrogen) atoms. The van der Waals surface area contributed by atoms with E-state index in [2.05, 4.69) is 23.6 Å². The molecule has 1 rings (SSSR count). The first-order valence-electron chi connectivity index (χ1n) is 5.70. The summed E-state index contributed by atoms with van der Waals surface area (Å²) in [6, 6.07) is 3.94. The highest BCUT2D eigenvalue weighted by atomic mass is 32.1. The fourth-order valence-electron chi connectivity index (χ4n) is 1.91. The molecule has 1 heterocycles. The molecule has 0 aliphatic rings. The van der Waals surface area contributed by atoms with Crippen LogP contribution in [0.5, 0.6) is 0 Å². The Kier molecular flexibility index (Phi) is 4.96. The van der Waals surface area contributed by atoms with Gasteiger partial charge in [-0.05, 0) is 40.1 Å². The molecule has 4 nitrogen and oxygen atoms in total. The molecule has 0 aliphatic carbocycles. The van der Waals surface area contributed by atoms with Crippen molar-refractivity contribution in [3.05, 3.63) is 17.0 Å². The van der Waals surface area contributed by atoms with Gasteiger partial charge in [-0.1, -0.05) is 0 Å². The van der Waals surface area contributed by atoms with Crippen LogP contribution in [-0.4, -0.2) is 49.2 Å². The molecule has 1 aromatic rings. The number of hydrogen-bond donors (Lipinski definition) is 1. The molecule has 0 saturated carbocycles. The minimum absolute atomic E-state index is 0.371. The summed E-state index contributed by atoms with van der Waals surface area (Å²) in [5.41, 5.74) is 0. The molecule has 96 valence electrons. The minimum atomic E-state index is -0.849. The third-order valence-electron chi connectivity index (χ3n) is 2.59. The van der Waals surface area contributed by atoms with Crippen LogP contribution < -0.4 is 4.90 Å². The number of nitrogens with zero attached hydrogens (tertiary/aromatic N) is 2. The molecule has 0 radical (unpaired) electrons. The Balaban J connectivity index is 2.81. The van der Waals surface area contributed by atoms with Gasteiger partial charge in [0.15, 0.2) is 0 Å². The van der Waals surface area contributed by atoms with Gasteiger partial charge in [-0.3, -0.25) is 0 Å². The van der Waals surface area contributed by atoms with E-state index in [9.17, 15) is 4.79 Å². The third kappa shape index (κ3) is 3.71. The highest BCUT2D eigenvalue weighted by Gasteiger charge is 2.17. The Morgan fingerprint density at radius 3 is 2.53 bits per heavy atom. The van der Waals surface area contributed by atoms with Crippen LogP contribution in [0.3, 0.4) is 0 Å². The molecule has 0 saturated heterocycles. The Morgan fingerprint density at radius 1 is 1.47 bits per heavy atom. The summed E-state index contributed by atoms with van der Waals surface area (Å²) >= 11 is 1.34. The molecule has 0 aromatic carbocycles. The predicted molar refractivity (Wildman–Crippen MR) is 72.3 cm³/mol. The maximum Gasteiger partial charge on any atom is 0.345 e. The summed E-state index contributed by atoms with van der Waals surface area (Å²) in [4.78, 5) is 15.6. The average molecular weight is 256 g/mol. The first-order valence-corrected chi connectivity index (χ1v) is 6.51. The van der Waals surface area contributed by atoms with Gasteiger partial charge in [-0.2, -0.15) is 0 Å². The van der Waals surface area contributed by atoms with E-state index in [0.717, 1.165) is 18.1 Å². The van der Waals surface area contributed by atoms with Crippen molar-refractivity contribution in [3.8, 4) is 0 Å². The van der Waals surface area contributed by atoms with Gasteiger partial charge in [0.1, 0.15) is 4.88 Å². The molecule has 0 amide bonds. The van der Waals surface area contributed by atoms with Crippen LogP contribution in [-0.2, 0) is 0 Å². The summed E-state index contributed by atoms with van der Waals surface area (Å²) in [5, 5.41) is 9.95. The fourth-order valence-corrected chi connectivity index (χ4v) is 2.92. The molecule has 1 unspecified atom stereocenters. The number of hydrogen-bond acceptors (Lipinski definition) is 4. The van der Waals surface area contributed by atoms with Gasteiger partial charge in [0.2, 0.25) is 0 Å². The summed E-state index contributed by atoms with van der Waals surface area (Å²) in [6.45, 7) is 6.08. The van der Waals surface area contributed by atoms with E-state index in [-0.39, 0.29) is 0 Å². The second-order valence-electron chi connectivity index (χ2n) is 4.34. The number of likely N-dealkylation sites (N-methyl/N-ethyl adjacent to an activating group) is 2. The van der Waals surface area contributed by atoms with Crippen molar-refractivity contribution in [3.63, 3.8) is 0 Å². The third-order valence-corrected chi connectivity index (χ3v) is 3.70. The molecule has 0 bridgehead atoms. The van der Waals surface area contributed by atoms with Gasteiger partial charge in [0.05, 0.1) is 5.00 Å². The van der Waals surface area contributed by atoms with E-state index in [1.807, 2.05) is 20.2 Å². The number of carbonyl (C=O) groups is 1. The van der Waals surface area contributed by atoms with Gasteiger partial charge in [-0.25, -0.2) is 4.79 Å². The number of carboxylic acid groups (broad SMARTS) is 1. The van der Waals surface area contributed by atoms with Crippen molar-refractivity contribution in [2.45, 2.75) is 19.9 Å². The van der Waals surface area contributed by atoms with Crippen molar-refractivity contribution < 1.29 is 9.90 Å². The fraction of sp³-hybridized carbons (Fsp3) is 0.583. The monoisotopic (exact) mass is 256 g/mol. The predicted octanol–water partition coefficient (Wildman–Crippen LogP) is 2.22. The lowest BCUT2D eigenvalue weighted by molar-refractivity contribution is 0.0702. The summed E-state index contributed by atoms with van der Waals surface area (Å²) < 4.78 is 0. The summed E-state index contributed by atoms with van der Waals surface area (Å²) in [5.74, 6) is -0.849. The first kappa shape index (κ1) is 14.0. The summed E-state index contributed by atoms with van der Waals surface area (Å²) in [6.07, 6.45) is 0. The number of thiophene rings is 1. The van der Waals surface area contributed by atoms with E-state index in [4.69, 9.17) is 5.11 Å². The summed E-state index contributed by atoms with van der Waals surface area (Å²) in [7, 11) is 4.09. The van der Waals surface area contributed by atoms with Crippen LogP contribution in [0.2, 0.25) is 0 Å². The van der Waals surface area contributed by atoms with E-state index < -0.39 is 5.97 Å². The molecule has 0 fully saturated rings. The normalized spacial score (nSPS) is 12.8. The lowest BCUT2D eigenvalue weighted by atomic mass is 10.2. The number of anilines is 1. The molecule has 1 aromatic heterocycles. The van der Waals surface area contributed by atoms with Crippen molar-refractivity contribution in [2.75, 3.05) is 32.1 Å². The maximum absolute atomic E-state index is 10.9. The molecular weight excluding hydrogens is 236 g/mol. The largest absolute Gasteiger partial charge is 0.477 e. The Hall–Kier alpha value is -1.07. The zero-order valence-electron chi connectivity index (χ0n) is 10.8. The second kappa shape index (κ2) is 6.02. The van der Waals surface area contributed by atoms with E-state index in [1.54, 1.807) is 6.07 Å². The Labute approximate surface area is 106 Å². The standard InChI is InChI=1S/C12H20N2O2S/c1-5-14(9(2)8-13(3)4)11-7-6-10(17-11)12(15)16/h6-7,9H,5,8H2,1-4H3,(H,15,16). The number of aromatic carboxylic acids is 1. The molecule has 1 atom stereocenters. The lowest BCUT2D eigenvalue weighted by Crippen LogP contribution is -2.39. The zero-order valence-corrected chi connectivity index (χ0v) is 11.6. The van der Waals surface area contributed by atoms with Crippen molar-refractivity contribution >= 4 is 22.3 Å². The lowest BCUT2D eigenvalue weighted by Gasteiger charge is -2.30. The second-order valence-corrected chi connectivity index (χ2v) is 5.40. The smallest absolute Gasteiger partial charge is 0.345 e. The van der Waals surface area contributed by atoms with Crippen LogP contribution in [0, 0.1) is 0 Å². The quantitative estimate of drug-likeness (QED) is 0.847. The van der Waals surface area contributed by atoms with Crippen LogP contribution in [0.4, 0.5) is 5.00 Å². The van der Waals surface area contributed by atoms with Crippen LogP contribution in [0.25, 0.3) is 0 Å². The van der Waals surface area contributed by atoms with E-state index >= 15 is 0 Å². The zero-order chi connectivity index (χ0) is 13.0. The molecule has 5 heteroatoms. The van der Waals surface area contributed by atoms with Crippen molar-refractivity contribution in [2.24, 2.45) is 0 Å². The maximum atomic E-state index is 10.9. The van der Waals surface area contributed by atoms with Gasteiger partial charge < -0.3 is 14.9 Å². The Bertz CT molecular complexity index is 376. The first-order chi connectivity index (χ1) is 7.95. The number of carboxylic acids is 1. The average Bonchev–Trinajstić information content (AvgIpc) is 2.66. The SMILES string of the molecule is CCN(c1ccc(C(=O)O)s1)C(C)CN(C)C. The van der Waals surface area contributed by atoms with Gasteiger partial charge in [0, 0.05) is 19.1 Å². The van der Waals surface area contributed by atoms with Crippen LogP contribution >= 0.6 is 11.3 Å². The number of rotatable bonds is 6. The van der Waals surface area contributed by atoms with Gasteiger partial charge in [0.25, 0.3) is 0 Å². The van der Waals surface area contributed by atoms with Gasteiger partial charge >= 0.3 is 5.97 Å². The molecule has 0 aliphatic heterocycles. The van der Waals surface area contributed by atoms with Crippen LogP contribution in [0.15, 0.2) is 12.1 Å². The molecule has 0 spiro atoms. The topological polar surface area (TPSA) is 43.8 Å². The highest BCUT2D eigenvalue weighted by molar-refractivity contribution is 7.17. The molecule has 1 N–H and O–H groups in total. The van der Waals surface area contributed by atoms with Gasteiger partial charge in [-0.15, -0.1) is 11.3 Å². The van der Waals surface area contributed by atoms with E-state index in [1.165, 1.54) is 11.3 Å². The van der Waals surface area contributed by atoms with E-state index in [0.29, 0.717) is 10.9 Å². The minimum Gasteiger partial charge on any atom is -0.477 e. The molecular formula is C12H20N2O2S. The van der Waals surface area contributed by atoms with Crippen LogP contribution in [0.1, 0.15) is 23.5 Å². The Morgan fingerprint density at radius 2 is 2.12 bits per heavy atom.